The predicted octanol–water partition coefficient (Wildman–Crippen LogP) is 2.04. The maximum absolute atomic E-state index is 13.2. The smallest absolute Gasteiger partial charge is 0.284 e. The molecule has 1 atom stereocenters. The highest BCUT2D eigenvalue weighted by molar-refractivity contribution is 5.89. The van der Waals surface area contributed by atoms with Crippen LogP contribution < -0.4 is 21.1 Å². The van der Waals surface area contributed by atoms with Crippen molar-refractivity contribution in [2.45, 2.75) is 26.0 Å². The van der Waals surface area contributed by atoms with Gasteiger partial charge in [0.2, 0.25) is 0 Å². The second kappa shape index (κ2) is 9.45. The molecule has 1 heterocycles. The first-order chi connectivity index (χ1) is 12.5. The molecule has 1 amide bonds. The summed E-state index contributed by atoms with van der Waals surface area (Å²) in [6, 6.07) is 9.23. The van der Waals surface area contributed by atoms with Crippen molar-refractivity contribution in [2.24, 2.45) is 10.7 Å². The number of amides is 1. The monoisotopic (exact) mass is 362 g/mol. The van der Waals surface area contributed by atoms with Crippen molar-refractivity contribution in [3.05, 3.63) is 53.7 Å². The lowest BCUT2D eigenvalue weighted by atomic mass is 10.2. The van der Waals surface area contributed by atoms with Crippen molar-refractivity contribution in [1.29, 1.82) is 0 Å². The Morgan fingerprint density at radius 2 is 2.15 bits per heavy atom. The molecule has 0 saturated carbocycles. The van der Waals surface area contributed by atoms with Crippen LogP contribution >= 0.6 is 0 Å². The first-order valence-electron chi connectivity index (χ1n) is 8.27. The molecule has 0 fully saturated rings. The zero-order chi connectivity index (χ0) is 18.9. The number of rotatable bonds is 8. The van der Waals surface area contributed by atoms with Crippen molar-refractivity contribution >= 4 is 11.9 Å². The Morgan fingerprint density at radius 1 is 1.35 bits per heavy atom. The van der Waals surface area contributed by atoms with Crippen LogP contribution in [0.4, 0.5) is 4.39 Å². The quantitative estimate of drug-likeness (QED) is 0.493. The van der Waals surface area contributed by atoms with Gasteiger partial charge in [-0.2, -0.15) is 0 Å². The minimum absolute atomic E-state index is 0.110. The highest BCUT2D eigenvalue weighted by atomic mass is 19.1. The number of nitrogens with zero attached hydrogens (tertiary/aromatic N) is 1. The minimum Gasteiger partial charge on any atom is -0.489 e. The number of furan rings is 1. The largest absolute Gasteiger partial charge is 0.489 e. The summed E-state index contributed by atoms with van der Waals surface area (Å²) in [6.45, 7) is 2.81. The predicted molar refractivity (Wildman–Crippen MR) is 96.5 cm³/mol. The zero-order valence-electron chi connectivity index (χ0n) is 14.8. The normalized spacial score (nSPS) is 12.5. The number of hydrogen-bond acceptors (Lipinski definition) is 4. The molecule has 0 aliphatic carbocycles. The maximum Gasteiger partial charge on any atom is 0.284 e. The summed E-state index contributed by atoms with van der Waals surface area (Å²) >= 11 is 0. The average molecular weight is 362 g/mol. The first-order valence-corrected chi connectivity index (χ1v) is 8.27. The number of benzene rings is 1. The van der Waals surface area contributed by atoms with Crippen molar-refractivity contribution in [1.82, 2.24) is 10.6 Å². The van der Waals surface area contributed by atoms with Gasteiger partial charge in [0, 0.05) is 13.1 Å². The first kappa shape index (κ1) is 19.3. The van der Waals surface area contributed by atoms with Crippen LogP contribution in [-0.4, -0.2) is 31.6 Å². The van der Waals surface area contributed by atoms with Crippen LogP contribution in [-0.2, 0) is 6.54 Å². The van der Waals surface area contributed by atoms with Crippen LogP contribution in [0.5, 0.6) is 5.75 Å². The molecule has 7 nitrogen and oxygen atoms in total. The third kappa shape index (κ3) is 5.80. The summed E-state index contributed by atoms with van der Waals surface area (Å²) in [4.78, 5) is 15.1. The van der Waals surface area contributed by atoms with Crippen LogP contribution in [0.2, 0.25) is 0 Å². The summed E-state index contributed by atoms with van der Waals surface area (Å²) in [5.74, 6) is 0.749. The summed E-state index contributed by atoms with van der Waals surface area (Å²) in [5, 5.41) is 6.21. The van der Waals surface area contributed by atoms with Crippen LogP contribution in [0.3, 0.4) is 0 Å². The van der Waals surface area contributed by atoms with E-state index < -0.39 is 5.91 Å². The van der Waals surface area contributed by atoms with Crippen LogP contribution in [0.1, 0.15) is 29.7 Å². The van der Waals surface area contributed by atoms with E-state index in [0.717, 1.165) is 6.42 Å². The topological polar surface area (TPSA) is 102 Å². The van der Waals surface area contributed by atoms with Crippen LogP contribution in [0.15, 0.2) is 45.8 Å². The van der Waals surface area contributed by atoms with Crippen molar-refractivity contribution in [3.63, 3.8) is 0 Å². The third-order valence-electron chi connectivity index (χ3n) is 3.61. The van der Waals surface area contributed by atoms with Crippen molar-refractivity contribution in [2.75, 3.05) is 13.6 Å². The highest BCUT2D eigenvalue weighted by Crippen LogP contribution is 2.14. The van der Waals surface area contributed by atoms with E-state index in [-0.39, 0.29) is 17.7 Å². The van der Waals surface area contributed by atoms with Gasteiger partial charge in [-0.1, -0.05) is 13.0 Å². The number of nitrogens with two attached hydrogens (primary N) is 1. The molecular weight excluding hydrogens is 339 g/mol. The molecular formula is C18H23FN4O3. The van der Waals surface area contributed by atoms with Gasteiger partial charge in [0.25, 0.3) is 5.91 Å². The van der Waals surface area contributed by atoms with Gasteiger partial charge in [-0.15, -0.1) is 0 Å². The van der Waals surface area contributed by atoms with Gasteiger partial charge < -0.3 is 25.5 Å². The van der Waals surface area contributed by atoms with E-state index in [4.69, 9.17) is 14.9 Å². The molecule has 0 spiro atoms. The number of nitrogens with one attached hydrogen (secondary N) is 2. The molecule has 140 valence electrons. The molecule has 1 aromatic heterocycles. The molecule has 0 aliphatic rings. The number of halogens is 1. The summed E-state index contributed by atoms with van der Waals surface area (Å²) in [6.07, 6.45) is 0.584. The van der Waals surface area contributed by atoms with E-state index in [9.17, 15) is 9.18 Å². The fraction of sp³-hybridized carbons (Fsp3) is 0.333. The Kier molecular flexibility index (Phi) is 7.02. The summed E-state index contributed by atoms with van der Waals surface area (Å²) < 4.78 is 24.3. The van der Waals surface area contributed by atoms with E-state index in [0.29, 0.717) is 30.6 Å². The molecule has 2 aromatic rings. The van der Waals surface area contributed by atoms with E-state index in [1.54, 1.807) is 25.2 Å². The maximum atomic E-state index is 13.2. The Bertz CT molecular complexity index is 760. The fourth-order valence-electron chi connectivity index (χ4n) is 2.21. The van der Waals surface area contributed by atoms with Gasteiger partial charge in [0.05, 0.1) is 13.1 Å². The van der Waals surface area contributed by atoms with Gasteiger partial charge in [0.1, 0.15) is 23.4 Å². The summed E-state index contributed by atoms with van der Waals surface area (Å²) in [5.41, 5.74) is 5.15. The standard InChI is InChI=1S/C18H23FN4O3/c1-3-13(25-14-6-4-5-12(19)9-14)10-22-18(21-2)23-11-15-7-8-16(26-15)17(20)24/h4-9,13H,3,10-11H2,1-2H3,(H2,20,24)(H2,21,22,23). The molecule has 4 N–H and O–H groups in total. The minimum atomic E-state index is -0.612. The van der Waals surface area contributed by atoms with Gasteiger partial charge in [0.15, 0.2) is 11.7 Å². The number of carbonyl (C=O) groups excluding carboxylic acids is 1. The van der Waals surface area contributed by atoms with E-state index in [2.05, 4.69) is 15.6 Å². The molecule has 1 aromatic carbocycles. The fourth-order valence-corrected chi connectivity index (χ4v) is 2.21. The lowest BCUT2D eigenvalue weighted by molar-refractivity contribution is 0.0972. The highest BCUT2D eigenvalue weighted by Gasteiger charge is 2.11. The average Bonchev–Trinajstić information content (AvgIpc) is 3.10. The van der Waals surface area contributed by atoms with Crippen LogP contribution in [0.25, 0.3) is 0 Å². The SMILES string of the molecule is CCC(CNC(=NC)NCc1ccc(C(N)=O)o1)Oc1cccc(F)c1. The number of carbonyl (C=O) groups is 1. The molecule has 0 saturated heterocycles. The third-order valence-corrected chi connectivity index (χ3v) is 3.61. The number of guanidine groups is 1. The van der Waals surface area contributed by atoms with E-state index >= 15 is 0 Å². The van der Waals surface area contributed by atoms with Crippen molar-refractivity contribution in [3.8, 4) is 5.75 Å². The number of hydrogen-bond donors (Lipinski definition) is 3. The number of ether oxygens (including phenoxy) is 1. The molecule has 1 unspecified atom stereocenters. The van der Waals surface area contributed by atoms with E-state index in [1.807, 2.05) is 6.92 Å². The molecule has 0 aliphatic heterocycles. The molecule has 26 heavy (non-hydrogen) atoms. The lowest BCUT2D eigenvalue weighted by Gasteiger charge is -2.19. The molecule has 2 rings (SSSR count). The van der Waals surface area contributed by atoms with Gasteiger partial charge in [-0.25, -0.2) is 4.39 Å². The number of aliphatic imine (C=N–C) groups is 1. The van der Waals surface area contributed by atoms with Gasteiger partial charge >= 0.3 is 0 Å². The molecule has 8 heteroatoms. The van der Waals surface area contributed by atoms with Gasteiger partial charge in [-0.05, 0) is 30.7 Å². The van der Waals surface area contributed by atoms with Gasteiger partial charge in [-0.3, -0.25) is 9.79 Å². The molecule has 0 radical (unpaired) electrons. The Labute approximate surface area is 151 Å². The zero-order valence-corrected chi connectivity index (χ0v) is 14.8. The molecule has 0 bridgehead atoms. The Hall–Kier alpha value is -3.03. The second-order valence-electron chi connectivity index (χ2n) is 5.54. The van der Waals surface area contributed by atoms with Crippen molar-refractivity contribution < 1.29 is 18.3 Å². The van der Waals surface area contributed by atoms with Crippen LogP contribution in [0, 0.1) is 5.82 Å². The summed E-state index contributed by atoms with van der Waals surface area (Å²) in [7, 11) is 1.64. The lowest BCUT2D eigenvalue weighted by Crippen LogP contribution is -2.42. The Morgan fingerprint density at radius 3 is 2.77 bits per heavy atom. The Balaban J connectivity index is 1.83. The number of primary amides is 1. The van der Waals surface area contributed by atoms with E-state index in [1.165, 1.54) is 18.2 Å². The second-order valence-corrected chi connectivity index (χ2v) is 5.54.